The summed E-state index contributed by atoms with van der Waals surface area (Å²) in [7, 11) is 2.63. The number of epoxide rings is 1. The van der Waals surface area contributed by atoms with Crippen LogP contribution in [0.1, 0.15) is 0 Å². The van der Waals surface area contributed by atoms with Gasteiger partial charge in [0.25, 0.3) is 0 Å². The number of hydrogen-bond donors (Lipinski definition) is 2. The van der Waals surface area contributed by atoms with Gasteiger partial charge < -0.3 is 24.4 Å². The Kier molecular flexibility index (Phi) is 2.87. The molecule has 2 N–H and O–H groups in total. The Labute approximate surface area is 75.0 Å². The second kappa shape index (κ2) is 3.59. The van der Waals surface area contributed by atoms with Crippen molar-refractivity contribution in [3.63, 3.8) is 0 Å². The Morgan fingerprint density at radius 2 is 2.00 bits per heavy atom. The van der Waals surface area contributed by atoms with Gasteiger partial charge in [-0.2, -0.15) is 0 Å². The molecule has 0 saturated carbocycles. The maximum Gasteiger partial charge on any atom is 0.341 e. The van der Waals surface area contributed by atoms with Gasteiger partial charge in [-0.3, -0.25) is 0 Å². The molecule has 76 valence electrons. The quantitative estimate of drug-likeness (QED) is 0.421. The number of ether oxygens (including phenoxy) is 3. The zero-order valence-electron chi connectivity index (χ0n) is 7.39. The van der Waals surface area contributed by atoms with Crippen molar-refractivity contribution in [3.05, 3.63) is 0 Å². The van der Waals surface area contributed by atoms with Crippen molar-refractivity contribution >= 4 is 5.97 Å². The molecule has 0 aromatic heterocycles. The van der Waals surface area contributed by atoms with Crippen molar-refractivity contribution in [3.8, 4) is 0 Å². The summed E-state index contributed by atoms with van der Waals surface area (Å²) in [6.07, 6.45) is -2.31. The van der Waals surface area contributed by atoms with E-state index >= 15 is 0 Å². The minimum absolute atomic E-state index is 0.0211. The van der Waals surface area contributed by atoms with E-state index in [-0.39, 0.29) is 6.61 Å². The topological polar surface area (TPSA) is 88.5 Å². The fourth-order valence-electron chi connectivity index (χ4n) is 1.07. The fourth-order valence-corrected chi connectivity index (χ4v) is 1.07. The average molecular weight is 192 g/mol. The highest BCUT2D eigenvalue weighted by Gasteiger charge is 2.61. The number of methoxy groups -OCH3 is 2. The van der Waals surface area contributed by atoms with Crippen molar-refractivity contribution in [2.45, 2.75) is 18.0 Å². The van der Waals surface area contributed by atoms with Gasteiger partial charge >= 0.3 is 5.97 Å². The van der Waals surface area contributed by atoms with E-state index in [0.717, 1.165) is 0 Å². The van der Waals surface area contributed by atoms with Crippen molar-refractivity contribution < 1.29 is 29.2 Å². The smallest absolute Gasteiger partial charge is 0.341 e. The van der Waals surface area contributed by atoms with Crippen LogP contribution in [-0.2, 0) is 19.0 Å². The van der Waals surface area contributed by atoms with Gasteiger partial charge in [-0.1, -0.05) is 0 Å². The number of aliphatic carboxylic acids is 1. The molecule has 13 heavy (non-hydrogen) atoms. The lowest BCUT2D eigenvalue weighted by Crippen LogP contribution is -2.47. The minimum Gasteiger partial charge on any atom is -0.479 e. The summed E-state index contributed by atoms with van der Waals surface area (Å²) in [5, 5.41) is 18.2. The first kappa shape index (κ1) is 10.4. The maximum atomic E-state index is 10.7. The van der Waals surface area contributed by atoms with Crippen LogP contribution in [0, 0.1) is 0 Å². The molecular formula is C7H12O6. The van der Waals surface area contributed by atoms with E-state index in [4.69, 9.17) is 19.3 Å². The monoisotopic (exact) mass is 192 g/mol. The van der Waals surface area contributed by atoms with Crippen molar-refractivity contribution in [2.75, 3.05) is 20.8 Å². The van der Waals surface area contributed by atoms with Crippen LogP contribution < -0.4 is 0 Å². The Balaban J connectivity index is 2.65. The molecule has 0 radical (unpaired) electrons. The number of aliphatic hydroxyl groups is 1. The molecule has 0 aliphatic carbocycles. The van der Waals surface area contributed by atoms with Crippen molar-refractivity contribution in [1.29, 1.82) is 0 Å². The van der Waals surface area contributed by atoms with Crippen molar-refractivity contribution in [2.24, 2.45) is 0 Å². The lowest BCUT2D eigenvalue weighted by molar-refractivity contribution is -0.191. The van der Waals surface area contributed by atoms with E-state index in [1.54, 1.807) is 0 Å². The van der Waals surface area contributed by atoms with Gasteiger partial charge in [-0.15, -0.1) is 0 Å². The first-order valence-corrected chi connectivity index (χ1v) is 3.69. The summed E-state index contributed by atoms with van der Waals surface area (Å²) in [5.41, 5.74) is -1.54. The summed E-state index contributed by atoms with van der Waals surface area (Å²) >= 11 is 0. The highest BCUT2D eigenvalue weighted by Crippen LogP contribution is 2.33. The first-order valence-electron chi connectivity index (χ1n) is 3.69. The number of carboxylic acids is 1. The molecule has 6 heteroatoms. The first-order chi connectivity index (χ1) is 6.08. The molecule has 0 unspecified atom stereocenters. The molecule has 1 rings (SSSR count). The molecule has 0 spiro atoms. The third-order valence-electron chi connectivity index (χ3n) is 2.02. The van der Waals surface area contributed by atoms with E-state index in [1.807, 2.05) is 0 Å². The van der Waals surface area contributed by atoms with Crippen LogP contribution in [0.4, 0.5) is 0 Å². The molecule has 1 fully saturated rings. The van der Waals surface area contributed by atoms with Crippen LogP contribution in [0.3, 0.4) is 0 Å². The summed E-state index contributed by atoms with van der Waals surface area (Å²) in [6.45, 7) is -0.0211. The lowest BCUT2D eigenvalue weighted by atomic mass is 10.0. The molecule has 0 aromatic rings. The average Bonchev–Trinajstić information content (AvgIpc) is 2.86. The van der Waals surface area contributed by atoms with E-state index in [0.29, 0.717) is 0 Å². The van der Waals surface area contributed by atoms with Gasteiger partial charge in [-0.05, 0) is 0 Å². The van der Waals surface area contributed by atoms with Gasteiger partial charge in [0.15, 0.2) is 6.29 Å². The third kappa shape index (κ3) is 1.66. The fraction of sp³-hybridized carbons (Fsp3) is 0.857. The Morgan fingerprint density at radius 3 is 2.23 bits per heavy atom. The van der Waals surface area contributed by atoms with Crippen LogP contribution in [0.15, 0.2) is 0 Å². The summed E-state index contributed by atoms with van der Waals surface area (Å²) in [4.78, 5) is 10.7. The minimum atomic E-state index is -1.54. The number of carbonyl (C=O) groups is 1. The Hall–Kier alpha value is -0.690. The zero-order chi connectivity index (χ0) is 10.1. The summed E-state index contributed by atoms with van der Waals surface area (Å²) < 4.78 is 14.1. The van der Waals surface area contributed by atoms with Crippen LogP contribution >= 0.6 is 0 Å². The van der Waals surface area contributed by atoms with Gasteiger partial charge in [0, 0.05) is 14.2 Å². The lowest BCUT2D eigenvalue weighted by Gasteiger charge is -2.22. The molecule has 6 nitrogen and oxygen atoms in total. The number of rotatable bonds is 5. The van der Waals surface area contributed by atoms with E-state index in [1.165, 1.54) is 14.2 Å². The SMILES string of the molecule is COC(OC)[C@@H](O)[C@@]1(C(=O)O)CO1. The normalized spacial score (nSPS) is 28.9. The zero-order valence-corrected chi connectivity index (χ0v) is 7.39. The summed E-state index contributed by atoms with van der Waals surface area (Å²) in [5.74, 6) is -1.21. The number of carboxylic acid groups (broad SMARTS) is 1. The van der Waals surface area contributed by atoms with Crippen LogP contribution in [0.5, 0.6) is 0 Å². The molecule has 1 heterocycles. The Bertz CT molecular complexity index is 195. The van der Waals surface area contributed by atoms with E-state index in [9.17, 15) is 9.90 Å². The maximum absolute atomic E-state index is 10.7. The molecule has 1 aliphatic heterocycles. The van der Waals surface area contributed by atoms with E-state index in [2.05, 4.69) is 0 Å². The van der Waals surface area contributed by atoms with Crippen LogP contribution in [0.25, 0.3) is 0 Å². The molecule has 1 aliphatic rings. The third-order valence-corrected chi connectivity index (χ3v) is 2.02. The Morgan fingerprint density at radius 1 is 1.54 bits per heavy atom. The molecule has 0 bridgehead atoms. The van der Waals surface area contributed by atoms with Gasteiger partial charge in [0.2, 0.25) is 5.60 Å². The van der Waals surface area contributed by atoms with Crippen LogP contribution in [0.2, 0.25) is 0 Å². The molecule has 2 atom stereocenters. The molecular weight excluding hydrogens is 180 g/mol. The van der Waals surface area contributed by atoms with Gasteiger partial charge in [-0.25, -0.2) is 4.79 Å². The second-order valence-corrected chi connectivity index (χ2v) is 2.77. The van der Waals surface area contributed by atoms with Crippen molar-refractivity contribution in [1.82, 2.24) is 0 Å². The standard InChI is InChI=1S/C7H12O6/c1-11-5(12-2)4(8)7(3-13-7)6(9)10/h4-5,8H,3H2,1-2H3,(H,9,10)/t4-,7-/m1/s1. The summed E-state index contributed by atoms with van der Waals surface area (Å²) in [6, 6.07) is 0. The predicted molar refractivity (Wildman–Crippen MR) is 40.1 cm³/mol. The van der Waals surface area contributed by atoms with E-state index < -0.39 is 24.0 Å². The van der Waals surface area contributed by atoms with Gasteiger partial charge in [0.05, 0.1) is 6.61 Å². The highest BCUT2D eigenvalue weighted by atomic mass is 16.7. The molecule has 0 aromatic carbocycles. The largest absolute Gasteiger partial charge is 0.479 e. The molecule has 1 saturated heterocycles. The molecule has 0 amide bonds. The number of aliphatic hydroxyl groups excluding tert-OH is 1. The number of hydrogen-bond acceptors (Lipinski definition) is 5. The second-order valence-electron chi connectivity index (χ2n) is 2.77. The van der Waals surface area contributed by atoms with Crippen LogP contribution in [-0.4, -0.2) is 55.0 Å². The highest BCUT2D eigenvalue weighted by molar-refractivity contribution is 5.81. The predicted octanol–water partition coefficient (Wildman–Crippen LogP) is -1.18. The van der Waals surface area contributed by atoms with Gasteiger partial charge in [0.1, 0.15) is 6.10 Å².